The first-order valence-electron chi connectivity index (χ1n) is 10.1. The third kappa shape index (κ3) is 5.33. The highest BCUT2D eigenvalue weighted by atomic mass is 16.6. The molecule has 1 aliphatic rings. The Morgan fingerprint density at radius 1 is 1.23 bits per heavy atom. The fourth-order valence-corrected chi connectivity index (χ4v) is 3.67. The Morgan fingerprint density at radius 3 is 2.63 bits per heavy atom. The zero-order chi connectivity index (χ0) is 21.7. The molecule has 0 spiro atoms. The molecule has 2 aromatic rings. The van der Waals surface area contributed by atoms with Crippen LogP contribution in [-0.2, 0) is 31.9 Å². The number of rotatable bonds is 8. The number of H-pyrrole nitrogens is 1. The maximum absolute atomic E-state index is 12.4. The Kier molecular flexibility index (Phi) is 6.99. The van der Waals surface area contributed by atoms with Crippen LogP contribution in [0.3, 0.4) is 0 Å². The molecular formula is C22H26N2O6. The molecule has 8 nitrogen and oxygen atoms in total. The topological polar surface area (TPSA) is 107 Å². The third-order valence-electron chi connectivity index (χ3n) is 5.18. The van der Waals surface area contributed by atoms with Crippen molar-refractivity contribution in [2.24, 2.45) is 0 Å². The largest absolute Gasteiger partial charge is 0.460 e. The smallest absolute Gasteiger partial charge is 0.330 e. The molecule has 0 bridgehead atoms. The van der Waals surface area contributed by atoms with Gasteiger partial charge in [0.1, 0.15) is 18.1 Å². The molecule has 1 fully saturated rings. The van der Waals surface area contributed by atoms with Crippen molar-refractivity contribution in [2.75, 3.05) is 0 Å². The number of Topliss-reactive ketones (excluding diaryl/α,β-unsaturated/α-hetero) is 1. The summed E-state index contributed by atoms with van der Waals surface area (Å²) in [7, 11) is 0. The van der Waals surface area contributed by atoms with Crippen molar-refractivity contribution in [3.05, 3.63) is 68.5 Å². The van der Waals surface area contributed by atoms with Crippen LogP contribution in [0.2, 0.25) is 0 Å². The van der Waals surface area contributed by atoms with Crippen LogP contribution in [0.4, 0.5) is 0 Å². The first-order chi connectivity index (χ1) is 14.4. The lowest BCUT2D eigenvalue weighted by Gasteiger charge is -2.18. The second-order valence-electron chi connectivity index (χ2n) is 7.43. The predicted molar refractivity (Wildman–Crippen MR) is 109 cm³/mol. The number of carbonyl (C=O) groups excluding carboxylic acids is 2. The molecule has 3 rings (SSSR count). The fraction of sp³-hybridized carbons (Fsp3) is 0.455. The van der Waals surface area contributed by atoms with Crippen LogP contribution in [0.1, 0.15) is 50.5 Å². The second kappa shape index (κ2) is 9.67. The summed E-state index contributed by atoms with van der Waals surface area (Å²) in [5.74, 6) is -0.391. The van der Waals surface area contributed by atoms with Gasteiger partial charge in [-0.15, -0.1) is 0 Å². The number of ketones is 1. The first kappa shape index (κ1) is 21.7. The quantitative estimate of drug-likeness (QED) is 0.661. The maximum atomic E-state index is 12.4. The maximum Gasteiger partial charge on any atom is 0.330 e. The van der Waals surface area contributed by atoms with Gasteiger partial charge in [-0.1, -0.05) is 37.3 Å². The van der Waals surface area contributed by atoms with Gasteiger partial charge in [0.2, 0.25) is 0 Å². The lowest BCUT2D eigenvalue weighted by Crippen LogP contribution is -2.34. The number of aryl methyl sites for hydroxylation is 1. The zero-order valence-electron chi connectivity index (χ0n) is 17.1. The summed E-state index contributed by atoms with van der Waals surface area (Å²) in [5, 5.41) is 0. The van der Waals surface area contributed by atoms with Gasteiger partial charge in [0.05, 0.1) is 6.10 Å². The van der Waals surface area contributed by atoms with Crippen molar-refractivity contribution < 1.29 is 19.1 Å². The van der Waals surface area contributed by atoms with E-state index in [4.69, 9.17) is 9.47 Å². The van der Waals surface area contributed by atoms with Gasteiger partial charge in [-0.3, -0.25) is 23.9 Å². The number of aromatic nitrogens is 2. The minimum atomic E-state index is -0.682. The number of hydrogen-bond acceptors (Lipinski definition) is 6. The van der Waals surface area contributed by atoms with E-state index in [0.29, 0.717) is 24.8 Å². The van der Waals surface area contributed by atoms with E-state index in [0.717, 1.165) is 5.56 Å². The first-order valence-corrected chi connectivity index (χ1v) is 10.1. The molecule has 0 radical (unpaired) electrons. The molecule has 3 atom stereocenters. The summed E-state index contributed by atoms with van der Waals surface area (Å²) in [6.07, 6.45) is 1.43. The van der Waals surface area contributed by atoms with Crippen molar-refractivity contribution >= 4 is 11.8 Å². The second-order valence-corrected chi connectivity index (χ2v) is 7.43. The number of hydrogen-bond donors (Lipinski definition) is 1. The van der Waals surface area contributed by atoms with Gasteiger partial charge >= 0.3 is 11.7 Å². The van der Waals surface area contributed by atoms with Crippen LogP contribution in [0, 0.1) is 0 Å². The van der Waals surface area contributed by atoms with Crippen molar-refractivity contribution in [1.82, 2.24) is 9.55 Å². The Balaban J connectivity index is 1.70. The zero-order valence-corrected chi connectivity index (χ0v) is 17.1. The number of nitrogens with zero attached hydrogens (tertiary/aromatic N) is 1. The third-order valence-corrected chi connectivity index (χ3v) is 5.18. The summed E-state index contributed by atoms with van der Waals surface area (Å²) in [5.41, 5.74) is 0.404. The molecule has 8 heteroatoms. The number of benzene rings is 1. The Morgan fingerprint density at radius 2 is 1.97 bits per heavy atom. The summed E-state index contributed by atoms with van der Waals surface area (Å²) in [4.78, 5) is 50.3. The molecule has 1 unspecified atom stereocenters. The molecule has 1 aromatic heterocycles. The highest BCUT2D eigenvalue weighted by Gasteiger charge is 2.39. The van der Waals surface area contributed by atoms with Crippen molar-refractivity contribution in [3.8, 4) is 0 Å². The van der Waals surface area contributed by atoms with Crippen LogP contribution < -0.4 is 11.2 Å². The van der Waals surface area contributed by atoms with Crippen LogP contribution in [0.5, 0.6) is 0 Å². The number of carbonyl (C=O) groups is 2. The molecule has 1 aromatic carbocycles. The number of esters is 1. The van der Waals surface area contributed by atoms with Gasteiger partial charge < -0.3 is 9.47 Å². The molecule has 1 aliphatic heterocycles. The Labute approximate surface area is 173 Å². The van der Waals surface area contributed by atoms with Crippen LogP contribution in [0.25, 0.3) is 0 Å². The minimum absolute atomic E-state index is 0.0595. The highest BCUT2D eigenvalue weighted by molar-refractivity contribution is 5.80. The van der Waals surface area contributed by atoms with E-state index in [-0.39, 0.29) is 18.6 Å². The van der Waals surface area contributed by atoms with Gasteiger partial charge in [0.25, 0.3) is 5.56 Å². The molecule has 160 valence electrons. The average molecular weight is 414 g/mol. The molecule has 1 N–H and O–H groups in total. The predicted octanol–water partition coefficient (Wildman–Crippen LogP) is 1.91. The normalized spacial score (nSPS) is 20.8. The number of nitrogens with one attached hydrogen (secondary N) is 1. The average Bonchev–Trinajstić information content (AvgIpc) is 3.09. The Bertz CT molecular complexity index is 1010. The summed E-state index contributed by atoms with van der Waals surface area (Å²) in [6.45, 7) is 3.13. The number of aromatic amines is 1. The van der Waals surface area contributed by atoms with Crippen molar-refractivity contribution in [3.63, 3.8) is 0 Å². The van der Waals surface area contributed by atoms with E-state index in [9.17, 15) is 19.2 Å². The Hall–Kier alpha value is -3.00. The minimum Gasteiger partial charge on any atom is -0.460 e. The van der Waals surface area contributed by atoms with E-state index in [1.54, 1.807) is 0 Å². The molecular weight excluding hydrogens is 388 g/mol. The van der Waals surface area contributed by atoms with E-state index >= 15 is 0 Å². The molecule has 0 saturated carbocycles. The standard InChI is InChI=1S/C22H26N2O6/c1-3-16-13-24(22(28)23-21(16)27)20-12-19(29-14(2)25)18(30-20)10-9-17(26)11-15-7-5-4-6-8-15/h4-8,13,18-20H,3,9-12H2,1-2H3,(H,23,27,28)/t18-,19?,20-/m0/s1. The van der Waals surface area contributed by atoms with Crippen molar-refractivity contribution in [2.45, 2.75) is 64.4 Å². The van der Waals surface area contributed by atoms with Crippen LogP contribution in [-0.4, -0.2) is 33.5 Å². The summed E-state index contributed by atoms with van der Waals surface area (Å²) in [6, 6.07) is 9.46. The van der Waals surface area contributed by atoms with E-state index in [2.05, 4.69) is 4.98 Å². The molecule has 0 amide bonds. The lowest BCUT2D eigenvalue weighted by molar-refractivity contribution is -0.149. The summed E-state index contributed by atoms with van der Waals surface area (Å²) < 4.78 is 12.7. The highest BCUT2D eigenvalue weighted by Crippen LogP contribution is 2.32. The van der Waals surface area contributed by atoms with Gasteiger partial charge in [0.15, 0.2) is 0 Å². The van der Waals surface area contributed by atoms with Gasteiger partial charge in [-0.25, -0.2) is 4.79 Å². The van der Waals surface area contributed by atoms with E-state index < -0.39 is 35.7 Å². The van der Waals surface area contributed by atoms with Crippen LogP contribution in [0.15, 0.2) is 46.1 Å². The fourth-order valence-electron chi connectivity index (χ4n) is 3.67. The number of ether oxygens (including phenoxy) is 2. The van der Waals surface area contributed by atoms with Gasteiger partial charge in [-0.2, -0.15) is 0 Å². The van der Waals surface area contributed by atoms with E-state index in [1.807, 2.05) is 37.3 Å². The van der Waals surface area contributed by atoms with Gasteiger partial charge in [-0.05, 0) is 18.4 Å². The van der Waals surface area contributed by atoms with Gasteiger partial charge in [0, 0.05) is 37.9 Å². The molecule has 2 heterocycles. The SMILES string of the molecule is CCc1cn([C@@H]2CC(OC(C)=O)[C@H](CCC(=O)Cc3ccccc3)O2)c(=O)[nH]c1=O. The van der Waals surface area contributed by atoms with Crippen molar-refractivity contribution in [1.29, 1.82) is 0 Å². The van der Waals surface area contributed by atoms with Crippen LogP contribution >= 0.6 is 0 Å². The molecule has 1 saturated heterocycles. The lowest BCUT2D eigenvalue weighted by atomic mass is 10.0. The molecule has 0 aliphatic carbocycles. The molecule has 30 heavy (non-hydrogen) atoms. The summed E-state index contributed by atoms with van der Waals surface area (Å²) >= 11 is 0. The monoisotopic (exact) mass is 414 g/mol. The van der Waals surface area contributed by atoms with E-state index in [1.165, 1.54) is 17.7 Å².